The van der Waals surface area contributed by atoms with Gasteiger partial charge in [0.1, 0.15) is 5.82 Å². The van der Waals surface area contributed by atoms with Crippen LogP contribution >= 0.6 is 0 Å². The fourth-order valence-corrected chi connectivity index (χ4v) is 3.70. The van der Waals surface area contributed by atoms with Crippen molar-refractivity contribution in [1.82, 2.24) is 14.9 Å². The third-order valence-corrected chi connectivity index (χ3v) is 5.01. The average molecular weight is 339 g/mol. The molecule has 130 valence electrons. The summed E-state index contributed by atoms with van der Waals surface area (Å²) in [5, 5.41) is 3.07. The fourth-order valence-electron chi connectivity index (χ4n) is 3.70. The van der Waals surface area contributed by atoms with Crippen molar-refractivity contribution in [2.45, 2.75) is 51.3 Å². The van der Waals surface area contributed by atoms with Gasteiger partial charge < -0.3 is 14.6 Å². The molecule has 0 saturated heterocycles. The molecule has 0 unspecified atom stereocenters. The van der Waals surface area contributed by atoms with Gasteiger partial charge in [-0.25, -0.2) is 9.78 Å². The smallest absolute Gasteiger partial charge is 0.339 e. The van der Waals surface area contributed by atoms with Gasteiger partial charge in [-0.15, -0.1) is 0 Å². The lowest BCUT2D eigenvalue weighted by Gasteiger charge is -2.35. The third kappa shape index (κ3) is 2.81. The van der Waals surface area contributed by atoms with Crippen LogP contribution in [0.25, 0.3) is 0 Å². The number of nitrogens with one attached hydrogen (secondary N) is 1. The molecule has 0 fully saturated rings. The molecular weight excluding hydrogens is 318 g/mol. The zero-order chi connectivity index (χ0) is 17.6. The van der Waals surface area contributed by atoms with Crippen LogP contribution < -0.4 is 5.32 Å². The number of carbonyl (C=O) groups excluding carboxylic acids is 2. The molecule has 0 bridgehead atoms. The molecule has 3 heterocycles. The number of fused-ring (bicyclic) bond motifs is 2. The zero-order valence-electron chi connectivity index (χ0n) is 14.4. The van der Waals surface area contributed by atoms with Gasteiger partial charge >= 0.3 is 5.97 Å². The topological polar surface area (TPSA) is 73.2 Å². The van der Waals surface area contributed by atoms with E-state index in [0.717, 1.165) is 29.9 Å². The molecule has 2 aliphatic heterocycles. The van der Waals surface area contributed by atoms with E-state index in [1.165, 1.54) is 0 Å². The van der Waals surface area contributed by atoms with Crippen molar-refractivity contribution in [2.75, 3.05) is 0 Å². The van der Waals surface area contributed by atoms with Crippen LogP contribution in [0, 0.1) is 6.92 Å². The highest BCUT2D eigenvalue weighted by atomic mass is 16.6. The number of benzene rings is 1. The second-order valence-corrected chi connectivity index (χ2v) is 7.11. The lowest BCUT2D eigenvalue weighted by atomic mass is 9.89. The summed E-state index contributed by atoms with van der Waals surface area (Å²) in [5.41, 5.74) is 1.22. The Labute approximate surface area is 146 Å². The van der Waals surface area contributed by atoms with E-state index < -0.39 is 11.6 Å². The highest BCUT2D eigenvalue weighted by Crippen LogP contribution is 2.28. The van der Waals surface area contributed by atoms with Crippen LogP contribution in [0.1, 0.15) is 40.8 Å². The van der Waals surface area contributed by atoms with Crippen molar-refractivity contribution in [2.24, 2.45) is 0 Å². The number of cyclic esters (lactones) is 1. The van der Waals surface area contributed by atoms with Gasteiger partial charge in [-0.05, 0) is 31.9 Å². The molecule has 1 amide bonds. The normalized spacial score (nSPS) is 24.9. The number of carbonyl (C=O) groups is 2. The van der Waals surface area contributed by atoms with Gasteiger partial charge in [0.2, 0.25) is 0 Å². The maximum atomic E-state index is 12.8. The Kier molecular flexibility index (Phi) is 3.63. The van der Waals surface area contributed by atoms with Gasteiger partial charge in [-0.2, -0.15) is 0 Å². The highest BCUT2D eigenvalue weighted by molar-refractivity contribution is 5.97. The molecule has 2 aromatic rings. The molecule has 6 nitrogen and oxygen atoms in total. The van der Waals surface area contributed by atoms with Crippen LogP contribution in [0.2, 0.25) is 0 Å². The number of rotatable bonds is 2. The van der Waals surface area contributed by atoms with E-state index in [9.17, 15) is 9.59 Å². The fraction of sp³-hybridized carbons (Fsp3) is 0.421. The van der Waals surface area contributed by atoms with E-state index in [1.807, 2.05) is 25.3 Å². The molecule has 0 aliphatic carbocycles. The first kappa shape index (κ1) is 15.9. The van der Waals surface area contributed by atoms with Crippen LogP contribution in [-0.2, 0) is 28.9 Å². The minimum atomic E-state index is -1.17. The molecule has 0 radical (unpaired) electrons. The summed E-state index contributed by atoms with van der Waals surface area (Å²) >= 11 is 0. The molecule has 2 atom stereocenters. The summed E-state index contributed by atoms with van der Waals surface area (Å²) in [6.45, 7) is 4.35. The second-order valence-electron chi connectivity index (χ2n) is 7.11. The Hall–Kier alpha value is -2.63. The SMILES string of the molecule is Cc1cn2c(n1)CC[C@H](NC(=O)[C@@]1(C)Cc3ccccc3C(=O)O1)C2. The number of aromatic nitrogens is 2. The van der Waals surface area contributed by atoms with Crippen molar-refractivity contribution in [3.8, 4) is 0 Å². The number of hydrogen-bond acceptors (Lipinski definition) is 4. The molecule has 2 aliphatic rings. The average Bonchev–Trinajstić information content (AvgIpc) is 2.94. The Bertz CT molecular complexity index is 857. The molecule has 4 rings (SSSR count). The quantitative estimate of drug-likeness (QED) is 0.847. The minimum absolute atomic E-state index is 0.0151. The molecule has 25 heavy (non-hydrogen) atoms. The Balaban J connectivity index is 1.49. The monoisotopic (exact) mass is 339 g/mol. The third-order valence-electron chi connectivity index (χ3n) is 5.01. The number of ether oxygens (including phenoxy) is 1. The van der Waals surface area contributed by atoms with E-state index in [-0.39, 0.29) is 11.9 Å². The van der Waals surface area contributed by atoms with Gasteiger partial charge in [0, 0.05) is 31.6 Å². The molecule has 1 N–H and O–H groups in total. The molecule has 0 spiro atoms. The Morgan fingerprint density at radius 1 is 1.40 bits per heavy atom. The summed E-state index contributed by atoms with van der Waals surface area (Å²) in [7, 11) is 0. The Morgan fingerprint density at radius 2 is 2.20 bits per heavy atom. The van der Waals surface area contributed by atoms with E-state index in [0.29, 0.717) is 18.5 Å². The van der Waals surface area contributed by atoms with Crippen molar-refractivity contribution < 1.29 is 14.3 Å². The van der Waals surface area contributed by atoms with Crippen LogP contribution in [0.5, 0.6) is 0 Å². The molecule has 6 heteroatoms. The van der Waals surface area contributed by atoms with Crippen molar-refractivity contribution in [1.29, 1.82) is 0 Å². The van der Waals surface area contributed by atoms with Gasteiger partial charge in [-0.3, -0.25) is 4.79 Å². The number of esters is 1. The first-order valence-electron chi connectivity index (χ1n) is 8.59. The van der Waals surface area contributed by atoms with Crippen LogP contribution in [-0.4, -0.2) is 33.1 Å². The predicted molar refractivity (Wildman–Crippen MR) is 91.2 cm³/mol. The largest absolute Gasteiger partial charge is 0.445 e. The van der Waals surface area contributed by atoms with E-state index >= 15 is 0 Å². The van der Waals surface area contributed by atoms with Gasteiger partial charge in [-0.1, -0.05) is 18.2 Å². The highest BCUT2D eigenvalue weighted by Gasteiger charge is 2.43. The standard InChI is InChI=1S/C19H21N3O3/c1-12-10-22-11-14(7-8-16(22)20-12)21-18(24)19(2)9-13-5-3-4-6-15(13)17(23)25-19/h3-6,10,14H,7-9,11H2,1-2H3,(H,21,24)/t14-,19+/m0/s1. The van der Waals surface area contributed by atoms with Gasteiger partial charge in [0.15, 0.2) is 5.60 Å². The molecule has 1 aromatic heterocycles. The zero-order valence-corrected chi connectivity index (χ0v) is 14.4. The lowest BCUT2D eigenvalue weighted by Crippen LogP contribution is -2.55. The predicted octanol–water partition coefficient (Wildman–Crippen LogP) is 1.79. The van der Waals surface area contributed by atoms with Crippen molar-refractivity contribution in [3.63, 3.8) is 0 Å². The molecule has 1 aromatic carbocycles. The summed E-state index contributed by atoms with van der Waals surface area (Å²) < 4.78 is 7.60. The maximum Gasteiger partial charge on any atom is 0.339 e. The number of nitrogens with zero attached hydrogens (tertiary/aromatic N) is 2. The van der Waals surface area contributed by atoms with Crippen molar-refractivity contribution >= 4 is 11.9 Å². The van der Waals surface area contributed by atoms with Crippen LogP contribution in [0.4, 0.5) is 0 Å². The van der Waals surface area contributed by atoms with Crippen LogP contribution in [0.15, 0.2) is 30.5 Å². The maximum absolute atomic E-state index is 12.8. The minimum Gasteiger partial charge on any atom is -0.445 e. The van der Waals surface area contributed by atoms with E-state index in [4.69, 9.17) is 4.74 Å². The number of imidazole rings is 1. The molecular formula is C19H21N3O3. The first-order valence-corrected chi connectivity index (χ1v) is 8.59. The summed E-state index contributed by atoms with van der Waals surface area (Å²) in [4.78, 5) is 29.6. The van der Waals surface area contributed by atoms with Crippen LogP contribution in [0.3, 0.4) is 0 Å². The summed E-state index contributed by atoms with van der Waals surface area (Å²) in [6, 6.07) is 7.30. The second kappa shape index (κ2) is 5.72. The number of hydrogen-bond donors (Lipinski definition) is 1. The Morgan fingerprint density at radius 3 is 3.04 bits per heavy atom. The first-order chi connectivity index (χ1) is 11.9. The van der Waals surface area contributed by atoms with Gasteiger partial charge in [0.25, 0.3) is 5.91 Å². The van der Waals surface area contributed by atoms with E-state index in [2.05, 4.69) is 14.9 Å². The molecule has 0 saturated carbocycles. The lowest BCUT2D eigenvalue weighted by molar-refractivity contribution is -0.140. The van der Waals surface area contributed by atoms with Gasteiger partial charge in [0.05, 0.1) is 11.3 Å². The number of aryl methyl sites for hydroxylation is 2. The summed E-state index contributed by atoms with van der Waals surface area (Å²) in [5.74, 6) is 0.392. The number of amides is 1. The summed E-state index contributed by atoms with van der Waals surface area (Å²) in [6.07, 6.45) is 4.07. The van der Waals surface area contributed by atoms with Crippen molar-refractivity contribution in [3.05, 3.63) is 53.1 Å². The van der Waals surface area contributed by atoms with E-state index in [1.54, 1.807) is 19.1 Å².